The molecule has 10 amide bonds. The summed E-state index contributed by atoms with van der Waals surface area (Å²) in [6.07, 6.45) is 2.57. The van der Waals surface area contributed by atoms with Crippen molar-refractivity contribution in [1.82, 2.24) is 57.5 Å². The summed E-state index contributed by atoms with van der Waals surface area (Å²) < 4.78 is 0. The second-order valence-corrected chi connectivity index (χ2v) is 21.2. The SMILES string of the molecule is CC(C)CC(NC(=O)CC(O)C(CC(C)C)NC(=O)C(Cc1cnc[nH]1)NC(=O)CNC(=O)C(NC(=O)C(C)NC(=O)C(Cc1c[nH]c2ccccc12)NC(=O)C(CCC(N)=O)NC(=O)C(N)Cc1ccccc1)C(C)C)C(N)=O. The van der Waals surface area contributed by atoms with Crippen LogP contribution in [-0.4, -0.2) is 140 Å². The van der Waals surface area contributed by atoms with Crippen LogP contribution in [0.15, 0.2) is 73.3 Å². The van der Waals surface area contributed by atoms with Gasteiger partial charge in [0, 0.05) is 48.3 Å². The number of nitrogens with two attached hydrogens (primary N) is 3. The lowest BCUT2D eigenvalue weighted by atomic mass is 9.96. The smallest absolute Gasteiger partial charge is 0.243 e. The minimum atomic E-state index is -1.40. The van der Waals surface area contributed by atoms with Gasteiger partial charge in [-0.25, -0.2) is 4.98 Å². The fourth-order valence-corrected chi connectivity index (χ4v) is 8.74. The first kappa shape index (κ1) is 64.3. The van der Waals surface area contributed by atoms with Gasteiger partial charge in [-0.3, -0.25) is 47.9 Å². The number of amides is 10. The Bertz CT molecular complexity index is 2730. The zero-order chi connectivity index (χ0) is 59.2. The second-order valence-electron chi connectivity index (χ2n) is 21.2. The summed E-state index contributed by atoms with van der Waals surface area (Å²) in [7, 11) is 0. The van der Waals surface area contributed by atoms with Crippen LogP contribution < -0.4 is 59.7 Å². The van der Waals surface area contributed by atoms with E-state index in [4.69, 9.17) is 17.2 Å². The number of nitrogens with one attached hydrogen (secondary N) is 10. The van der Waals surface area contributed by atoms with Crippen molar-refractivity contribution in [2.24, 2.45) is 35.0 Å². The number of aliphatic hydroxyl groups excluding tert-OH is 1. The van der Waals surface area contributed by atoms with E-state index in [2.05, 4.69) is 57.5 Å². The Kier molecular flexibility index (Phi) is 25.3. The first-order chi connectivity index (χ1) is 37.8. The highest BCUT2D eigenvalue weighted by Crippen LogP contribution is 2.20. The van der Waals surface area contributed by atoms with Crippen molar-refractivity contribution in [3.05, 3.63) is 90.1 Å². The number of carbonyl (C=O) groups is 10. The number of rotatable bonds is 33. The van der Waals surface area contributed by atoms with E-state index >= 15 is 0 Å². The Morgan fingerprint density at radius 3 is 1.85 bits per heavy atom. The van der Waals surface area contributed by atoms with Crippen LogP contribution in [0.4, 0.5) is 0 Å². The molecule has 2 aromatic heterocycles. The number of fused-ring (bicyclic) bond motifs is 1. The van der Waals surface area contributed by atoms with Gasteiger partial charge in [0.1, 0.15) is 36.3 Å². The number of nitrogens with zero attached hydrogens (tertiary/aromatic N) is 1. The first-order valence-electron chi connectivity index (χ1n) is 26.8. The predicted octanol–water partition coefficient (Wildman–Crippen LogP) is -0.974. The van der Waals surface area contributed by atoms with Crippen LogP contribution >= 0.6 is 0 Å². The molecule has 0 radical (unpaired) electrons. The fraction of sp³-hybridized carbons (Fsp3) is 0.509. The average molecular weight is 1110 g/mol. The summed E-state index contributed by atoms with van der Waals surface area (Å²) in [4.78, 5) is 143. The second kappa shape index (κ2) is 31.4. The molecule has 0 fully saturated rings. The monoisotopic (exact) mass is 1110 g/mol. The van der Waals surface area contributed by atoms with Gasteiger partial charge >= 0.3 is 0 Å². The third kappa shape index (κ3) is 21.2. The van der Waals surface area contributed by atoms with E-state index in [-0.39, 0.29) is 56.8 Å². The van der Waals surface area contributed by atoms with E-state index in [1.807, 2.05) is 52.0 Å². The number of aromatic nitrogens is 3. The topological polar surface area (TPSA) is 410 Å². The highest BCUT2D eigenvalue weighted by atomic mass is 16.3. The Balaban J connectivity index is 1.44. The van der Waals surface area contributed by atoms with Gasteiger partial charge in [0.2, 0.25) is 59.1 Å². The number of aliphatic hydroxyl groups is 1. The molecule has 0 saturated heterocycles. The number of hydrogen-bond donors (Lipinski definition) is 14. The molecule has 0 aliphatic heterocycles. The van der Waals surface area contributed by atoms with Gasteiger partial charge in [0.25, 0.3) is 0 Å². The van der Waals surface area contributed by atoms with Crippen molar-refractivity contribution in [2.75, 3.05) is 6.54 Å². The Morgan fingerprint density at radius 2 is 1.23 bits per heavy atom. The van der Waals surface area contributed by atoms with E-state index in [0.717, 1.165) is 16.5 Å². The van der Waals surface area contributed by atoms with Gasteiger partial charge < -0.3 is 74.8 Å². The number of carbonyl (C=O) groups excluding carboxylic acids is 10. The van der Waals surface area contributed by atoms with Crippen molar-refractivity contribution in [3.8, 4) is 0 Å². The van der Waals surface area contributed by atoms with Crippen molar-refractivity contribution in [1.29, 1.82) is 0 Å². The zero-order valence-electron chi connectivity index (χ0n) is 46.4. The standard InChI is InChI=1S/C55H80N14O11/c1-29(2)19-40(44(70)24-46(72)64-41(49(58)74)20-30(3)4)67-54(79)43(23-35-26-59-28-62-35)65-47(73)27-61-55(80)48(31(5)6)69-50(75)32(7)63-53(78)42(22-34-25-60-38-16-12-11-15-36(34)38)68-52(77)39(17-18-45(57)71)66-51(76)37(56)21-33-13-9-8-10-14-33/h8-16,25-26,28-32,37,39-44,48,60,70H,17-24,27,56H2,1-7H3,(H2,57,71)(H2,58,74)(H,59,62)(H,61,80)(H,63,78)(H,64,72)(H,65,73)(H,66,76)(H,67,79)(H,68,77)(H,69,75). The molecular weight excluding hydrogens is 1030 g/mol. The van der Waals surface area contributed by atoms with E-state index < -0.39 is 132 Å². The molecule has 9 atom stereocenters. The molecule has 4 aromatic rings. The van der Waals surface area contributed by atoms with Gasteiger partial charge in [-0.05, 0) is 67.6 Å². The number of benzene rings is 2. The summed E-state index contributed by atoms with van der Waals surface area (Å²) in [5, 5.41) is 32.9. The summed E-state index contributed by atoms with van der Waals surface area (Å²) in [5.74, 6) is -8.15. The highest BCUT2D eigenvalue weighted by Gasteiger charge is 2.34. The van der Waals surface area contributed by atoms with Crippen LogP contribution in [0.5, 0.6) is 0 Å². The molecule has 2 heterocycles. The summed E-state index contributed by atoms with van der Waals surface area (Å²) >= 11 is 0. The number of imidazole rings is 1. The molecule has 25 heteroatoms. The molecule has 9 unspecified atom stereocenters. The molecule has 80 heavy (non-hydrogen) atoms. The summed E-state index contributed by atoms with van der Waals surface area (Å²) in [6, 6.07) is 6.66. The summed E-state index contributed by atoms with van der Waals surface area (Å²) in [6.45, 7) is 11.4. The van der Waals surface area contributed by atoms with Gasteiger partial charge in [0.15, 0.2) is 0 Å². The molecule has 17 N–H and O–H groups in total. The lowest BCUT2D eigenvalue weighted by molar-refractivity contribution is -0.135. The van der Waals surface area contributed by atoms with E-state index in [1.54, 1.807) is 50.4 Å². The lowest BCUT2D eigenvalue weighted by Crippen LogP contribution is -2.59. The predicted molar refractivity (Wildman–Crippen MR) is 297 cm³/mol. The molecule has 4 rings (SSSR count). The van der Waals surface area contributed by atoms with Crippen molar-refractivity contribution >= 4 is 70.0 Å². The van der Waals surface area contributed by atoms with Crippen LogP contribution in [0, 0.1) is 17.8 Å². The van der Waals surface area contributed by atoms with E-state index in [9.17, 15) is 53.1 Å². The van der Waals surface area contributed by atoms with Gasteiger partial charge in [-0.2, -0.15) is 0 Å². The molecule has 0 spiro atoms. The summed E-state index contributed by atoms with van der Waals surface area (Å²) in [5.41, 5.74) is 19.7. The largest absolute Gasteiger partial charge is 0.390 e. The molecule has 0 saturated carbocycles. The number of para-hydroxylation sites is 1. The molecule has 2 aromatic carbocycles. The van der Waals surface area contributed by atoms with Gasteiger partial charge in [-0.15, -0.1) is 0 Å². The van der Waals surface area contributed by atoms with Crippen LogP contribution in [-0.2, 0) is 67.2 Å². The Hall–Kier alpha value is -8.19. The van der Waals surface area contributed by atoms with Crippen molar-refractivity contribution in [2.45, 2.75) is 154 Å². The molecule has 25 nitrogen and oxygen atoms in total. The fourth-order valence-electron chi connectivity index (χ4n) is 8.74. The maximum atomic E-state index is 14.2. The van der Waals surface area contributed by atoms with Gasteiger partial charge in [-0.1, -0.05) is 90.1 Å². The van der Waals surface area contributed by atoms with E-state index in [0.29, 0.717) is 11.3 Å². The van der Waals surface area contributed by atoms with Crippen LogP contribution in [0.1, 0.15) is 97.4 Å². The van der Waals surface area contributed by atoms with Crippen LogP contribution in [0.3, 0.4) is 0 Å². The third-order valence-corrected chi connectivity index (χ3v) is 13.0. The maximum Gasteiger partial charge on any atom is 0.243 e. The molecule has 436 valence electrons. The quantitative estimate of drug-likeness (QED) is 0.0273. The Labute approximate surface area is 465 Å². The van der Waals surface area contributed by atoms with Crippen molar-refractivity contribution < 1.29 is 53.1 Å². The van der Waals surface area contributed by atoms with Crippen LogP contribution in [0.25, 0.3) is 10.9 Å². The minimum absolute atomic E-state index is 0.0344. The molecular formula is C55H80N14O11. The Morgan fingerprint density at radius 1 is 0.613 bits per heavy atom. The highest BCUT2D eigenvalue weighted by molar-refractivity contribution is 5.97. The molecule has 0 bridgehead atoms. The number of primary amides is 2. The zero-order valence-corrected chi connectivity index (χ0v) is 46.4. The van der Waals surface area contributed by atoms with E-state index in [1.165, 1.54) is 19.4 Å². The minimum Gasteiger partial charge on any atom is -0.390 e. The normalized spacial score (nSPS) is 14.8. The number of H-pyrrole nitrogens is 2. The van der Waals surface area contributed by atoms with Crippen molar-refractivity contribution in [3.63, 3.8) is 0 Å². The molecule has 0 aliphatic rings. The third-order valence-electron chi connectivity index (χ3n) is 13.0. The maximum absolute atomic E-state index is 14.2. The number of hydrogen-bond acceptors (Lipinski definition) is 13. The average Bonchev–Trinajstić information content (AvgIpc) is 4.07. The van der Waals surface area contributed by atoms with Gasteiger partial charge in [0.05, 0.1) is 37.5 Å². The molecule has 0 aliphatic carbocycles. The van der Waals surface area contributed by atoms with Crippen LogP contribution in [0.2, 0.25) is 0 Å². The first-order valence-corrected chi connectivity index (χ1v) is 26.8. The number of aromatic amines is 2. The lowest BCUT2D eigenvalue weighted by Gasteiger charge is -2.28.